The first-order chi connectivity index (χ1) is 13.0. The van der Waals surface area contributed by atoms with Crippen molar-refractivity contribution in [2.45, 2.75) is 19.8 Å². The molecule has 1 aliphatic rings. The van der Waals surface area contributed by atoms with Crippen LogP contribution in [-0.2, 0) is 9.53 Å². The average molecular weight is 369 g/mol. The van der Waals surface area contributed by atoms with Gasteiger partial charge in [0.2, 0.25) is 0 Å². The second-order valence-electron chi connectivity index (χ2n) is 6.94. The Hall–Kier alpha value is -2.73. The van der Waals surface area contributed by atoms with Gasteiger partial charge < -0.3 is 25.4 Å². The molecule has 1 amide bonds. The summed E-state index contributed by atoms with van der Waals surface area (Å²) in [7, 11) is 0. The molecule has 144 valence electrons. The van der Waals surface area contributed by atoms with Crippen LogP contribution in [0.5, 0.6) is 5.75 Å². The van der Waals surface area contributed by atoms with Crippen molar-refractivity contribution in [3.8, 4) is 5.75 Å². The molecule has 0 radical (unpaired) electrons. The van der Waals surface area contributed by atoms with Gasteiger partial charge in [-0.1, -0.05) is 26.0 Å². The SMILES string of the molecule is CC(C)c1ccc(OCC(=O)Nc2cc(N)ccc2N2CCOCC2)cc1. The molecular formula is C21H27N3O3. The Morgan fingerprint density at radius 3 is 2.56 bits per heavy atom. The van der Waals surface area contributed by atoms with E-state index >= 15 is 0 Å². The monoisotopic (exact) mass is 369 g/mol. The van der Waals surface area contributed by atoms with Crippen LogP contribution < -0.4 is 20.7 Å². The smallest absolute Gasteiger partial charge is 0.262 e. The van der Waals surface area contributed by atoms with Crippen LogP contribution in [0.4, 0.5) is 17.1 Å². The molecule has 0 aliphatic carbocycles. The van der Waals surface area contributed by atoms with E-state index in [1.165, 1.54) is 5.56 Å². The number of nitrogen functional groups attached to an aromatic ring is 1. The molecule has 2 aromatic carbocycles. The minimum Gasteiger partial charge on any atom is -0.484 e. The maximum Gasteiger partial charge on any atom is 0.262 e. The topological polar surface area (TPSA) is 76.8 Å². The molecule has 0 saturated carbocycles. The number of anilines is 3. The Labute approximate surface area is 160 Å². The van der Waals surface area contributed by atoms with Crippen LogP contribution in [0.15, 0.2) is 42.5 Å². The first-order valence-corrected chi connectivity index (χ1v) is 9.28. The van der Waals surface area contributed by atoms with Gasteiger partial charge in [-0.2, -0.15) is 0 Å². The van der Waals surface area contributed by atoms with Crippen LogP contribution in [0.25, 0.3) is 0 Å². The predicted octanol–water partition coefficient (Wildman–Crippen LogP) is 3.25. The average Bonchev–Trinajstić information content (AvgIpc) is 2.67. The molecule has 0 unspecified atom stereocenters. The van der Waals surface area contributed by atoms with Gasteiger partial charge >= 0.3 is 0 Å². The molecule has 0 spiro atoms. The summed E-state index contributed by atoms with van der Waals surface area (Å²) < 4.78 is 11.0. The Kier molecular flexibility index (Phi) is 6.19. The van der Waals surface area contributed by atoms with E-state index in [1.807, 2.05) is 36.4 Å². The highest BCUT2D eigenvalue weighted by atomic mass is 16.5. The molecule has 3 N–H and O–H groups in total. The van der Waals surface area contributed by atoms with Crippen molar-refractivity contribution in [2.75, 3.05) is 48.9 Å². The number of carbonyl (C=O) groups excluding carboxylic acids is 1. The second-order valence-corrected chi connectivity index (χ2v) is 6.94. The van der Waals surface area contributed by atoms with Gasteiger partial charge in [0.05, 0.1) is 24.6 Å². The normalized spacial score (nSPS) is 14.3. The van der Waals surface area contributed by atoms with Crippen molar-refractivity contribution < 1.29 is 14.3 Å². The van der Waals surface area contributed by atoms with Gasteiger partial charge in [-0.05, 0) is 41.8 Å². The van der Waals surface area contributed by atoms with E-state index in [4.69, 9.17) is 15.2 Å². The first-order valence-electron chi connectivity index (χ1n) is 9.28. The fraction of sp³-hybridized carbons (Fsp3) is 0.381. The number of nitrogens with zero attached hydrogens (tertiary/aromatic N) is 1. The van der Waals surface area contributed by atoms with Crippen molar-refractivity contribution in [1.29, 1.82) is 0 Å². The summed E-state index contributed by atoms with van der Waals surface area (Å²) in [5, 5.41) is 2.92. The Balaban J connectivity index is 1.62. The first kappa shape index (κ1) is 19.0. The predicted molar refractivity (Wildman–Crippen MR) is 109 cm³/mol. The minimum atomic E-state index is -0.219. The number of carbonyl (C=O) groups is 1. The molecule has 0 bridgehead atoms. The second kappa shape index (κ2) is 8.77. The van der Waals surface area contributed by atoms with Gasteiger partial charge in [-0.25, -0.2) is 0 Å². The molecule has 3 rings (SSSR count). The number of nitrogens with one attached hydrogen (secondary N) is 1. The summed E-state index contributed by atoms with van der Waals surface area (Å²) in [4.78, 5) is 14.6. The molecule has 1 aliphatic heterocycles. The number of ether oxygens (including phenoxy) is 2. The highest BCUT2D eigenvalue weighted by Gasteiger charge is 2.16. The van der Waals surface area contributed by atoms with Crippen LogP contribution in [0.3, 0.4) is 0 Å². The van der Waals surface area contributed by atoms with E-state index < -0.39 is 0 Å². The lowest BCUT2D eigenvalue weighted by Crippen LogP contribution is -2.37. The quantitative estimate of drug-likeness (QED) is 0.765. The van der Waals surface area contributed by atoms with Gasteiger partial charge in [0.1, 0.15) is 5.75 Å². The molecule has 27 heavy (non-hydrogen) atoms. The molecule has 1 fully saturated rings. The summed E-state index contributed by atoms with van der Waals surface area (Å²) in [5.41, 5.74) is 9.39. The van der Waals surface area contributed by atoms with E-state index in [1.54, 1.807) is 6.07 Å². The van der Waals surface area contributed by atoms with Gasteiger partial charge in [0.25, 0.3) is 5.91 Å². The molecule has 1 saturated heterocycles. The summed E-state index contributed by atoms with van der Waals surface area (Å²) in [6.07, 6.45) is 0. The van der Waals surface area contributed by atoms with Crippen molar-refractivity contribution in [3.05, 3.63) is 48.0 Å². The molecule has 0 atom stereocenters. The highest BCUT2D eigenvalue weighted by Crippen LogP contribution is 2.29. The number of benzene rings is 2. The van der Waals surface area contributed by atoms with E-state index in [0.717, 1.165) is 18.8 Å². The Morgan fingerprint density at radius 1 is 1.19 bits per heavy atom. The maximum absolute atomic E-state index is 12.4. The van der Waals surface area contributed by atoms with E-state index in [2.05, 4.69) is 24.1 Å². The van der Waals surface area contributed by atoms with Crippen molar-refractivity contribution in [2.24, 2.45) is 0 Å². The third-order valence-corrected chi connectivity index (χ3v) is 4.56. The number of nitrogens with two attached hydrogens (primary N) is 1. The number of morpholine rings is 1. The van der Waals surface area contributed by atoms with Gasteiger partial charge in [0, 0.05) is 18.8 Å². The number of amides is 1. The largest absolute Gasteiger partial charge is 0.484 e. The summed E-state index contributed by atoms with van der Waals surface area (Å²) in [6.45, 7) is 7.14. The number of rotatable bonds is 6. The van der Waals surface area contributed by atoms with Gasteiger partial charge in [0.15, 0.2) is 6.61 Å². The zero-order valence-electron chi connectivity index (χ0n) is 15.9. The minimum absolute atomic E-state index is 0.0572. The molecule has 1 heterocycles. The van der Waals surface area contributed by atoms with Crippen molar-refractivity contribution in [1.82, 2.24) is 0 Å². The van der Waals surface area contributed by atoms with Crippen LogP contribution in [0.2, 0.25) is 0 Å². The zero-order valence-corrected chi connectivity index (χ0v) is 15.9. The summed E-state index contributed by atoms with van der Waals surface area (Å²) >= 11 is 0. The van der Waals surface area contributed by atoms with E-state index in [0.29, 0.717) is 36.3 Å². The van der Waals surface area contributed by atoms with Crippen molar-refractivity contribution >= 4 is 23.0 Å². The fourth-order valence-corrected chi connectivity index (χ4v) is 3.02. The summed E-state index contributed by atoms with van der Waals surface area (Å²) in [5.74, 6) is 0.920. The highest BCUT2D eigenvalue weighted by molar-refractivity contribution is 5.96. The molecule has 2 aromatic rings. The van der Waals surface area contributed by atoms with Gasteiger partial charge in [-0.3, -0.25) is 4.79 Å². The molecule has 6 nitrogen and oxygen atoms in total. The third kappa shape index (κ3) is 5.14. The summed E-state index contributed by atoms with van der Waals surface area (Å²) in [6, 6.07) is 13.4. The van der Waals surface area contributed by atoms with Crippen LogP contribution in [0.1, 0.15) is 25.3 Å². The van der Waals surface area contributed by atoms with Crippen LogP contribution >= 0.6 is 0 Å². The fourth-order valence-electron chi connectivity index (χ4n) is 3.02. The lowest BCUT2D eigenvalue weighted by Gasteiger charge is -2.30. The standard InChI is InChI=1S/C21H27N3O3/c1-15(2)16-3-6-18(7-4-16)27-14-21(25)23-19-13-17(22)5-8-20(19)24-9-11-26-12-10-24/h3-8,13,15H,9-12,14,22H2,1-2H3,(H,23,25). The Bertz CT molecular complexity index is 769. The van der Waals surface area contributed by atoms with Crippen molar-refractivity contribution in [3.63, 3.8) is 0 Å². The van der Waals surface area contributed by atoms with E-state index in [9.17, 15) is 4.79 Å². The lowest BCUT2D eigenvalue weighted by atomic mass is 10.0. The zero-order chi connectivity index (χ0) is 19.2. The Morgan fingerprint density at radius 2 is 1.89 bits per heavy atom. The molecule has 6 heteroatoms. The molecule has 0 aromatic heterocycles. The number of hydrogen-bond acceptors (Lipinski definition) is 5. The van der Waals surface area contributed by atoms with Crippen LogP contribution in [0, 0.1) is 0 Å². The lowest BCUT2D eigenvalue weighted by molar-refractivity contribution is -0.118. The molecular weight excluding hydrogens is 342 g/mol. The number of hydrogen-bond donors (Lipinski definition) is 2. The maximum atomic E-state index is 12.4. The van der Waals surface area contributed by atoms with E-state index in [-0.39, 0.29) is 12.5 Å². The van der Waals surface area contributed by atoms with Gasteiger partial charge in [-0.15, -0.1) is 0 Å². The third-order valence-electron chi connectivity index (χ3n) is 4.56. The van der Waals surface area contributed by atoms with Crippen LogP contribution in [-0.4, -0.2) is 38.8 Å².